The van der Waals surface area contributed by atoms with Crippen LogP contribution in [0, 0.1) is 0 Å². The standard InChI is InChI=1S/C9H18N2O2/c1-7(12)8-4-2-3-5-11(8)9(13)6-10/h7-8,12H,2-6,10H2,1H3/t7-,8-/m1/s1. The number of rotatable bonds is 2. The SMILES string of the molecule is C[C@@H](O)[C@H]1CCCCN1C(=O)CN. The summed E-state index contributed by atoms with van der Waals surface area (Å²) in [6.07, 6.45) is 2.55. The van der Waals surface area contributed by atoms with E-state index >= 15 is 0 Å². The number of likely N-dealkylation sites (tertiary alicyclic amines) is 1. The summed E-state index contributed by atoms with van der Waals surface area (Å²) in [6, 6.07) is -0.0233. The maximum Gasteiger partial charge on any atom is 0.236 e. The molecule has 2 atom stereocenters. The normalized spacial score (nSPS) is 25.8. The van der Waals surface area contributed by atoms with Gasteiger partial charge in [-0.25, -0.2) is 0 Å². The number of nitrogens with two attached hydrogens (primary N) is 1. The lowest BCUT2D eigenvalue weighted by molar-refractivity contribution is -0.136. The van der Waals surface area contributed by atoms with Crippen molar-refractivity contribution in [2.24, 2.45) is 5.73 Å². The van der Waals surface area contributed by atoms with E-state index in [9.17, 15) is 9.90 Å². The molecule has 1 fully saturated rings. The molecule has 0 aromatic carbocycles. The van der Waals surface area contributed by atoms with Crippen LogP contribution in [0.25, 0.3) is 0 Å². The molecule has 0 aromatic heterocycles. The summed E-state index contributed by atoms with van der Waals surface area (Å²) in [5.41, 5.74) is 5.29. The second kappa shape index (κ2) is 4.58. The minimum Gasteiger partial charge on any atom is -0.391 e. The van der Waals surface area contributed by atoms with Crippen LogP contribution >= 0.6 is 0 Å². The first-order valence-electron chi connectivity index (χ1n) is 4.84. The average Bonchev–Trinajstić information content (AvgIpc) is 2.16. The molecule has 0 unspecified atom stereocenters. The van der Waals surface area contributed by atoms with Crippen molar-refractivity contribution in [3.8, 4) is 0 Å². The Hall–Kier alpha value is -0.610. The monoisotopic (exact) mass is 186 g/mol. The number of carbonyl (C=O) groups excluding carboxylic acids is 1. The van der Waals surface area contributed by atoms with Crippen molar-refractivity contribution in [3.63, 3.8) is 0 Å². The van der Waals surface area contributed by atoms with Crippen LogP contribution in [-0.2, 0) is 4.79 Å². The molecule has 0 radical (unpaired) electrons. The Labute approximate surface area is 78.7 Å². The molecule has 0 aliphatic carbocycles. The van der Waals surface area contributed by atoms with E-state index in [1.807, 2.05) is 0 Å². The Morgan fingerprint density at radius 1 is 1.69 bits per heavy atom. The van der Waals surface area contributed by atoms with Crippen LogP contribution in [0.3, 0.4) is 0 Å². The fraction of sp³-hybridized carbons (Fsp3) is 0.889. The van der Waals surface area contributed by atoms with Crippen molar-refractivity contribution in [2.45, 2.75) is 38.3 Å². The van der Waals surface area contributed by atoms with Crippen molar-refractivity contribution in [3.05, 3.63) is 0 Å². The number of aliphatic hydroxyl groups is 1. The van der Waals surface area contributed by atoms with Crippen molar-refractivity contribution < 1.29 is 9.90 Å². The molecule has 0 spiro atoms. The summed E-state index contributed by atoms with van der Waals surface area (Å²) in [6.45, 7) is 2.52. The van der Waals surface area contributed by atoms with Gasteiger partial charge >= 0.3 is 0 Å². The molecule has 1 aliphatic heterocycles. The molecule has 13 heavy (non-hydrogen) atoms. The molecule has 1 saturated heterocycles. The third-order valence-corrected chi connectivity index (χ3v) is 2.60. The van der Waals surface area contributed by atoms with Crippen LogP contribution in [0.15, 0.2) is 0 Å². The van der Waals surface area contributed by atoms with Crippen LogP contribution in [0.4, 0.5) is 0 Å². The highest BCUT2D eigenvalue weighted by Gasteiger charge is 2.28. The van der Waals surface area contributed by atoms with E-state index in [0.717, 1.165) is 25.8 Å². The molecule has 76 valence electrons. The molecule has 0 bridgehead atoms. The van der Waals surface area contributed by atoms with Gasteiger partial charge in [-0.1, -0.05) is 0 Å². The smallest absolute Gasteiger partial charge is 0.236 e. The van der Waals surface area contributed by atoms with Gasteiger partial charge in [0.2, 0.25) is 5.91 Å². The highest BCUT2D eigenvalue weighted by atomic mass is 16.3. The van der Waals surface area contributed by atoms with E-state index in [1.54, 1.807) is 11.8 Å². The molecule has 0 saturated carbocycles. The largest absolute Gasteiger partial charge is 0.391 e. The number of carbonyl (C=O) groups is 1. The third kappa shape index (κ3) is 2.42. The number of nitrogens with zero attached hydrogens (tertiary/aromatic N) is 1. The molecular formula is C9H18N2O2. The van der Waals surface area contributed by atoms with Gasteiger partial charge in [-0.05, 0) is 26.2 Å². The molecule has 1 amide bonds. The predicted octanol–water partition coefficient (Wildman–Crippen LogP) is -0.293. The van der Waals surface area contributed by atoms with Gasteiger partial charge < -0.3 is 15.7 Å². The first kappa shape index (κ1) is 10.5. The number of hydrogen-bond donors (Lipinski definition) is 2. The maximum atomic E-state index is 11.4. The van der Waals surface area contributed by atoms with Gasteiger partial charge in [0.05, 0.1) is 18.7 Å². The zero-order valence-electron chi connectivity index (χ0n) is 8.07. The first-order chi connectivity index (χ1) is 6.16. The van der Waals surface area contributed by atoms with Gasteiger partial charge in [-0.3, -0.25) is 4.79 Å². The van der Waals surface area contributed by atoms with Gasteiger partial charge in [0, 0.05) is 6.54 Å². The van der Waals surface area contributed by atoms with Crippen LogP contribution in [0.5, 0.6) is 0 Å². The minimum atomic E-state index is -0.448. The second-order valence-electron chi connectivity index (χ2n) is 3.59. The highest BCUT2D eigenvalue weighted by Crippen LogP contribution is 2.19. The zero-order chi connectivity index (χ0) is 9.84. The molecular weight excluding hydrogens is 168 g/mol. The summed E-state index contributed by atoms with van der Waals surface area (Å²) in [5, 5.41) is 9.46. The van der Waals surface area contributed by atoms with Gasteiger partial charge in [-0.15, -0.1) is 0 Å². The number of aliphatic hydroxyl groups excluding tert-OH is 1. The van der Waals surface area contributed by atoms with Crippen molar-refractivity contribution in [1.82, 2.24) is 4.90 Å². The fourth-order valence-corrected chi connectivity index (χ4v) is 1.89. The number of hydrogen-bond acceptors (Lipinski definition) is 3. The molecule has 3 N–H and O–H groups in total. The molecule has 4 nitrogen and oxygen atoms in total. The Balaban J connectivity index is 2.61. The predicted molar refractivity (Wildman–Crippen MR) is 50.1 cm³/mol. The fourth-order valence-electron chi connectivity index (χ4n) is 1.89. The van der Waals surface area contributed by atoms with E-state index in [-0.39, 0.29) is 18.5 Å². The average molecular weight is 186 g/mol. The van der Waals surface area contributed by atoms with Gasteiger partial charge in [0.25, 0.3) is 0 Å². The molecule has 0 aromatic rings. The van der Waals surface area contributed by atoms with Gasteiger partial charge in [0.1, 0.15) is 0 Å². The lowest BCUT2D eigenvalue weighted by Crippen LogP contribution is -2.50. The first-order valence-corrected chi connectivity index (χ1v) is 4.84. The number of piperidine rings is 1. The van der Waals surface area contributed by atoms with E-state index in [2.05, 4.69) is 0 Å². The molecule has 1 heterocycles. The van der Waals surface area contributed by atoms with Crippen molar-refractivity contribution in [2.75, 3.05) is 13.1 Å². The van der Waals surface area contributed by atoms with E-state index in [1.165, 1.54) is 0 Å². The van der Waals surface area contributed by atoms with Gasteiger partial charge in [-0.2, -0.15) is 0 Å². The summed E-state index contributed by atoms with van der Waals surface area (Å²) in [7, 11) is 0. The topological polar surface area (TPSA) is 66.6 Å². The molecule has 1 rings (SSSR count). The van der Waals surface area contributed by atoms with Crippen LogP contribution in [0.1, 0.15) is 26.2 Å². The van der Waals surface area contributed by atoms with Crippen LogP contribution in [-0.4, -0.2) is 41.1 Å². The van der Waals surface area contributed by atoms with Crippen LogP contribution in [0.2, 0.25) is 0 Å². The zero-order valence-corrected chi connectivity index (χ0v) is 8.07. The Morgan fingerprint density at radius 2 is 2.38 bits per heavy atom. The lowest BCUT2D eigenvalue weighted by Gasteiger charge is -2.37. The van der Waals surface area contributed by atoms with E-state index in [0.29, 0.717) is 0 Å². The summed E-state index contributed by atoms with van der Waals surface area (Å²) in [5.74, 6) is -0.0504. The van der Waals surface area contributed by atoms with Crippen molar-refractivity contribution >= 4 is 5.91 Å². The van der Waals surface area contributed by atoms with Crippen molar-refractivity contribution in [1.29, 1.82) is 0 Å². The molecule has 4 heteroatoms. The number of amides is 1. The third-order valence-electron chi connectivity index (χ3n) is 2.60. The molecule has 1 aliphatic rings. The summed E-state index contributed by atoms with van der Waals surface area (Å²) >= 11 is 0. The van der Waals surface area contributed by atoms with Gasteiger partial charge in [0.15, 0.2) is 0 Å². The summed E-state index contributed by atoms with van der Waals surface area (Å²) in [4.78, 5) is 13.1. The maximum absolute atomic E-state index is 11.4. The Bertz CT molecular complexity index is 182. The quantitative estimate of drug-likeness (QED) is 0.622. The minimum absolute atomic E-state index is 0.0233. The van der Waals surface area contributed by atoms with E-state index in [4.69, 9.17) is 5.73 Å². The van der Waals surface area contributed by atoms with E-state index < -0.39 is 6.10 Å². The Kier molecular flexibility index (Phi) is 3.69. The second-order valence-corrected chi connectivity index (χ2v) is 3.59. The van der Waals surface area contributed by atoms with Crippen LogP contribution < -0.4 is 5.73 Å². The lowest BCUT2D eigenvalue weighted by atomic mass is 9.98. The summed E-state index contributed by atoms with van der Waals surface area (Å²) < 4.78 is 0. The highest BCUT2D eigenvalue weighted by molar-refractivity contribution is 5.78. The Morgan fingerprint density at radius 3 is 2.92 bits per heavy atom.